The zero-order chi connectivity index (χ0) is 7.65. The molecule has 0 heterocycles. The van der Waals surface area contributed by atoms with Crippen molar-refractivity contribution in [3.63, 3.8) is 0 Å². The summed E-state index contributed by atoms with van der Waals surface area (Å²) in [5, 5.41) is 0. The monoisotopic (exact) mass is 165 g/mol. The molecule has 9 heavy (non-hydrogen) atoms. The van der Waals surface area contributed by atoms with Crippen molar-refractivity contribution in [2.75, 3.05) is 0 Å². The molecule has 0 radical (unpaired) electrons. The van der Waals surface area contributed by atoms with Gasteiger partial charge < -0.3 is 5.73 Å². The van der Waals surface area contributed by atoms with Crippen LogP contribution in [0.3, 0.4) is 0 Å². The van der Waals surface area contributed by atoms with Crippen molar-refractivity contribution in [1.29, 1.82) is 0 Å². The second-order valence-corrected chi connectivity index (χ2v) is 3.90. The smallest absolute Gasteiger partial charge is 0.225 e. The van der Waals surface area contributed by atoms with Gasteiger partial charge in [0.2, 0.25) is 5.91 Å². The molecule has 0 aliphatic heterocycles. The van der Waals surface area contributed by atoms with Crippen LogP contribution in [-0.4, -0.2) is 10.5 Å². The maximum atomic E-state index is 10.6. The number of thiol groups is 2. The third-order valence-electron chi connectivity index (χ3n) is 1.28. The van der Waals surface area contributed by atoms with E-state index in [0.717, 1.165) is 0 Å². The quantitative estimate of drug-likeness (QED) is 0.409. The molecule has 0 unspecified atom stereocenters. The molecule has 0 atom stereocenters. The van der Waals surface area contributed by atoms with Crippen LogP contribution in [0.5, 0.6) is 0 Å². The van der Waals surface area contributed by atoms with E-state index in [1.165, 1.54) is 0 Å². The molecule has 0 aromatic heterocycles. The summed E-state index contributed by atoms with van der Waals surface area (Å²) in [7, 11) is 0. The molecule has 0 spiro atoms. The van der Waals surface area contributed by atoms with Gasteiger partial charge in [-0.25, -0.2) is 0 Å². The minimum Gasteiger partial charge on any atom is -0.369 e. The molecule has 0 aromatic carbocycles. The molecule has 0 aliphatic rings. The van der Waals surface area contributed by atoms with Crippen molar-refractivity contribution in [1.82, 2.24) is 0 Å². The third kappa shape index (κ3) is 2.10. The van der Waals surface area contributed by atoms with Crippen LogP contribution in [0.25, 0.3) is 0 Å². The lowest BCUT2D eigenvalue weighted by Crippen LogP contribution is -2.36. The molecule has 0 rings (SSSR count). The molecule has 0 saturated heterocycles. The van der Waals surface area contributed by atoms with Crippen molar-refractivity contribution in [3.05, 3.63) is 0 Å². The van der Waals surface area contributed by atoms with Gasteiger partial charge in [-0.3, -0.25) is 4.79 Å². The topological polar surface area (TPSA) is 43.1 Å². The Balaban J connectivity index is 4.19. The Kier molecular flexibility index (Phi) is 2.89. The summed E-state index contributed by atoms with van der Waals surface area (Å²) in [6.07, 6.45) is 0. The van der Waals surface area contributed by atoms with E-state index in [2.05, 4.69) is 25.3 Å². The summed E-state index contributed by atoms with van der Waals surface area (Å²) < 4.78 is -0.296. The average Bonchev–Trinajstić information content (AvgIpc) is 1.65. The normalized spacial score (nSPS) is 12.1. The summed E-state index contributed by atoms with van der Waals surface area (Å²) in [5.74, 6) is -0.377. The molecule has 4 heteroatoms. The van der Waals surface area contributed by atoms with Gasteiger partial charge in [-0.15, -0.1) is 0 Å². The number of primary amides is 1. The predicted molar refractivity (Wildman–Crippen MR) is 44.7 cm³/mol. The summed E-state index contributed by atoms with van der Waals surface area (Å²) in [6.45, 7) is 3.42. The highest BCUT2D eigenvalue weighted by molar-refractivity contribution is 7.99. The minimum atomic E-state index is -0.633. The molecule has 1 amide bonds. The first-order valence-electron chi connectivity index (χ1n) is 2.55. The van der Waals surface area contributed by atoms with Crippen LogP contribution >= 0.6 is 25.3 Å². The fraction of sp³-hybridized carbons (Fsp3) is 0.800. The Hall–Kier alpha value is 0.170. The van der Waals surface area contributed by atoms with Gasteiger partial charge in [-0.1, -0.05) is 0 Å². The predicted octanol–water partition coefficient (Wildman–Crippen LogP) is 0.684. The number of carbonyl (C=O) groups excluding carboxylic acids is 1. The highest BCUT2D eigenvalue weighted by atomic mass is 32.2. The minimum absolute atomic E-state index is 0.296. The fourth-order valence-electron chi connectivity index (χ4n) is 0.127. The van der Waals surface area contributed by atoms with Crippen LogP contribution in [0.2, 0.25) is 0 Å². The van der Waals surface area contributed by atoms with Crippen LogP contribution < -0.4 is 5.73 Å². The summed E-state index contributed by atoms with van der Waals surface area (Å²) in [5.41, 5.74) is 4.40. The molecule has 0 aromatic rings. The third-order valence-corrected chi connectivity index (χ3v) is 2.57. The summed E-state index contributed by atoms with van der Waals surface area (Å²) in [4.78, 5) is 10.6. The van der Waals surface area contributed by atoms with E-state index < -0.39 is 5.41 Å². The van der Waals surface area contributed by atoms with Crippen LogP contribution in [0.1, 0.15) is 13.8 Å². The number of amides is 1. The molecule has 0 saturated carbocycles. The lowest BCUT2D eigenvalue weighted by molar-refractivity contribution is -0.125. The van der Waals surface area contributed by atoms with Crippen LogP contribution in [0.15, 0.2) is 0 Å². The molecule has 2 nitrogen and oxygen atoms in total. The van der Waals surface area contributed by atoms with Crippen LogP contribution in [-0.2, 0) is 4.79 Å². The maximum absolute atomic E-state index is 10.6. The molecule has 0 bridgehead atoms. The van der Waals surface area contributed by atoms with E-state index >= 15 is 0 Å². The van der Waals surface area contributed by atoms with Gasteiger partial charge in [0.15, 0.2) is 0 Å². The Morgan fingerprint density at radius 1 is 1.56 bits per heavy atom. The lowest BCUT2D eigenvalue weighted by Gasteiger charge is -2.22. The van der Waals surface area contributed by atoms with E-state index in [1.807, 2.05) is 0 Å². The highest BCUT2D eigenvalue weighted by Crippen LogP contribution is 2.26. The first-order valence-corrected chi connectivity index (χ1v) is 3.58. The Morgan fingerprint density at radius 2 is 1.89 bits per heavy atom. The molecule has 54 valence electrons. The molecule has 2 N–H and O–H groups in total. The van der Waals surface area contributed by atoms with E-state index in [-0.39, 0.29) is 10.5 Å². The number of rotatable bonds is 2. The number of carbonyl (C=O) groups is 1. The molecule has 0 fully saturated rings. The molecular weight excluding hydrogens is 154 g/mol. The van der Waals surface area contributed by atoms with Gasteiger partial charge in [0.1, 0.15) is 0 Å². The fourth-order valence-corrected chi connectivity index (χ4v) is 0.382. The van der Waals surface area contributed by atoms with Crippen molar-refractivity contribution in [2.24, 2.45) is 11.1 Å². The summed E-state index contributed by atoms with van der Waals surface area (Å²) >= 11 is 7.96. The Morgan fingerprint density at radius 3 is 1.89 bits per heavy atom. The average molecular weight is 165 g/mol. The van der Waals surface area contributed by atoms with Gasteiger partial charge in [0.05, 0.1) is 10.00 Å². The van der Waals surface area contributed by atoms with E-state index in [0.29, 0.717) is 0 Å². The van der Waals surface area contributed by atoms with Crippen LogP contribution in [0.4, 0.5) is 0 Å². The Bertz CT molecular complexity index is 122. The zero-order valence-corrected chi connectivity index (χ0v) is 7.25. The largest absolute Gasteiger partial charge is 0.369 e. The second-order valence-electron chi connectivity index (χ2n) is 2.46. The van der Waals surface area contributed by atoms with Crippen molar-refractivity contribution in [3.8, 4) is 0 Å². The number of hydrogen-bond acceptors (Lipinski definition) is 3. The van der Waals surface area contributed by atoms with Crippen molar-refractivity contribution in [2.45, 2.75) is 18.4 Å². The van der Waals surface area contributed by atoms with E-state index in [1.54, 1.807) is 13.8 Å². The second kappa shape index (κ2) is 2.84. The van der Waals surface area contributed by atoms with Gasteiger partial charge >= 0.3 is 0 Å². The zero-order valence-electron chi connectivity index (χ0n) is 5.46. The maximum Gasteiger partial charge on any atom is 0.225 e. The van der Waals surface area contributed by atoms with Gasteiger partial charge in [0, 0.05) is 0 Å². The number of hydrogen-bond donors (Lipinski definition) is 3. The van der Waals surface area contributed by atoms with Crippen LogP contribution in [0, 0.1) is 5.41 Å². The van der Waals surface area contributed by atoms with Gasteiger partial charge in [0.25, 0.3) is 0 Å². The van der Waals surface area contributed by atoms with E-state index in [4.69, 9.17) is 5.73 Å². The standard InChI is InChI=1S/C5H11NOS2/c1-5(2,3(6)7)4(8)9/h4,8-9H,1-2H3,(H2,6,7). The van der Waals surface area contributed by atoms with E-state index in [9.17, 15) is 4.79 Å². The highest BCUT2D eigenvalue weighted by Gasteiger charge is 2.30. The van der Waals surface area contributed by atoms with Gasteiger partial charge in [-0.2, -0.15) is 25.3 Å². The SMILES string of the molecule is CC(C)(C(N)=O)C(S)S. The van der Waals surface area contributed by atoms with Crippen molar-refractivity contribution < 1.29 is 4.79 Å². The van der Waals surface area contributed by atoms with Crippen molar-refractivity contribution >= 4 is 31.2 Å². The molecular formula is C5H11NOS2. The first kappa shape index (κ1) is 9.17. The lowest BCUT2D eigenvalue weighted by atomic mass is 9.95. The van der Waals surface area contributed by atoms with Gasteiger partial charge in [-0.05, 0) is 13.8 Å². The first-order chi connectivity index (χ1) is 3.89. The Labute approximate surface area is 66.0 Å². The summed E-state index contributed by atoms with van der Waals surface area (Å²) in [6, 6.07) is 0. The molecule has 0 aliphatic carbocycles. The number of nitrogens with two attached hydrogens (primary N) is 1.